The maximum Gasteiger partial charge on any atom is 0.160 e. The highest BCUT2D eigenvalue weighted by atomic mass is 32.2. The van der Waals surface area contributed by atoms with Gasteiger partial charge in [-0.1, -0.05) is 0 Å². The number of hydrogen-bond acceptors (Lipinski definition) is 4. The number of piperidine rings is 1. The Morgan fingerprint density at radius 2 is 2.14 bits per heavy atom. The van der Waals surface area contributed by atoms with Gasteiger partial charge in [-0.25, -0.2) is 9.97 Å². The standard InChI is InChI=1S/C17H24N4S/c1-20-9-6-13(7-10-20)21-16(12-14-4-3-11-22-14)19-15-5-2-8-18-17(15)21/h2,5,8,13-14H,3-4,6-7,9-12H2,1H3. The number of aromatic nitrogens is 3. The summed E-state index contributed by atoms with van der Waals surface area (Å²) >= 11 is 2.12. The van der Waals surface area contributed by atoms with Crippen LogP contribution in [0.5, 0.6) is 0 Å². The van der Waals surface area contributed by atoms with E-state index in [1.54, 1.807) is 0 Å². The molecule has 1 atom stereocenters. The summed E-state index contributed by atoms with van der Waals surface area (Å²) in [5, 5.41) is 0.752. The number of thioether (sulfide) groups is 1. The fourth-order valence-electron chi connectivity index (χ4n) is 3.77. The van der Waals surface area contributed by atoms with E-state index >= 15 is 0 Å². The zero-order valence-electron chi connectivity index (χ0n) is 13.2. The summed E-state index contributed by atoms with van der Waals surface area (Å²) in [7, 11) is 2.22. The molecule has 2 saturated heterocycles. The van der Waals surface area contributed by atoms with Gasteiger partial charge in [0.2, 0.25) is 0 Å². The third kappa shape index (κ3) is 2.76. The third-order valence-electron chi connectivity index (χ3n) is 5.01. The van der Waals surface area contributed by atoms with Gasteiger partial charge in [0.15, 0.2) is 5.65 Å². The SMILES string of the molecule is CN1CCC(n2c(CC3CCCS3)nc3cccnc32)CC1. The predicted octanol–water partition coefficient (Wildman–Crippen LogP) is 3.14. The van der Waals surface area contributed by atoms with Crippen molar-refractivity contribution in [3.63, 3.8) is 0 Å². The van der Waals surface area contributed by atoms with Crippen LogP contribution in [-0.2, 0) is 6.42 Å². The van der Waals surface area contributed by atoms with Crippen LogP contribution in [0, 0.1) is 0 Å². The molecule has 0 aromatic carbocycles. The number of pyridine rings is 1. The lowest BCUT2D eigenvalue weighted by atomic mass is 10.0. The Kier molecular flexibility index (Phi) is 4.09. The molecule has 2 aromatic heterocycles. The molecule has 22 heavy (non-hydrogen) atoms. The molecule has 5 heteroatoms. The molecule has 0 amide bonds. The highest BCUT2D eigenvalue weighted by Gasteiger charge is 2.26. The van der Waals surface area contributed by atoms with E-state index in [-0.39, 0.29) is 0 Å². The van der Waals surface area contributed by atoms with Crippen LogP contribution in [0.2, 0.25) is 0 Å². The van der Waals surface area contributed by atoms with E-state index in [9.17, 15) is 0 Å². The molecule has 0 aliphatic carbocycles. The van der Waals surface area contributed by atoms with Gasteiger partial charge in [-0.2, -0.15) is 11.8 Å². The minimum Gasteiger partial charge on any atom is -0.309 e. The average molecular weight is 316 g/mol. The van der Waals surface area contributed by atoms with Crippen LogP contribution in [0.1, 0.15) is 37.5 Å². The third-order valence-corrected chi connectivity index (χ3v) is 6.41. The zero-order chi connectivity index (χ0) is 14.9. The maximum atomic E-state index is 4.94. The Balaban J connectivity index is 1.69. The van der Waals surface area contributed by atoms with Crippen molar-refractivity contribution in [2.75, 3.05) is 25.9 Å². The molecule has 118 valence electrons. The highest BCUT2D eigenvalue weighted by Crippen LogP contribution is 2.32. The number of likely N-dealkylation sites (tertiary alicyclic amines) is 1. The summed E-state index contributed by atoms with van der Waals surface area (Å²) in [5.41, 5.74) is 2.16. The molecule has 4 rings (SSSR count). The first-order valence-corrected chi connectivity index (χ1v) is 9.48. The van der Waals surface area contributed by atoms with Crippen molar-refractivity contribution < 1.29 is 0 Å². The van der Waals surface area contributed by atoms with E-state index in [1.165, 1.54) is 50.4 Å². The van der Waals surface area contributed by atoms with Crippen LogP contribution >= 0.6 is 11.8 Å². The monoisotopic (exact) mass is 316 g/mol. The van der Waals surface area contributed by atoms with E-state index in [0.29, 0.717) is 6.04 Å². The molecule has 2 aliphatic heterocycles. The number of hydrogen-bond donors (Lipinski definition) is 0. The molecule has 1 unspecified atom stereocenters. The van der Waals surface area contributed by atoms with Crippen molar-refractivity contribution in [1.29, 1.82) is 0 Å². The fourth-order valence-corrected chi connectivity index (χ4v) is 5.03. The van der Waals surface area contributed by atoms with Gasteiger partial charge in [0.05, 0.1) is 0 Å². The highest BCUT2D eigenvalue weighted by molar-refractivity contribution is 8.00. The number of fused-ring (bicyclic) bond motifs is 1. The van der Waals surface area contributed by atoms with E-state index < -0.39 is 0 Å². The van der Waals surface area contributed by atoms with Crippen molar-refractivity contribution in [3.05, 3.63) is 24.2 Å². The predicted molar refractivity (Wildman–Crippen MR) is 92.5 cm³/mol. The Morgan fingerprint density at radius 1 is 1.27 bits per heavy atom. The molecule has 2 fully saturated rings. The number of rotatable bonds is 3. The molecular weight excluding hydrogens is 292 g/mol. The smallest absolute Gasteiger partial charge is 0.160 e. The van der Waals surface area contributed by atoms with Crippen LogP contribution in [0.15, 0.2) is 18.3 Å². The Bertz CT molecular complexity index is 639. The van der Waals surface area contributed by atoms with Gasteiger partial charge in [-0.3, -0.25) is 0 Å². The average Bonchev–Trinajstić information content (AvgIpc) is 3.16. The lowest BCUT2D eigenvalue weighted by Gasteiger charge is -2.31. The number of nitrogens with zero attached hydrogens (tertiary/aromatic N) is 4. The Labute approximate surface area is 136 Å². The van der Waals surface area contributed by atoms with E-state index in [4.69, 9.17) is 4.98 Å². The van der Waals surface area contributed by atoms with E-state index in [2.05, 4.69) is 39.3 Å². The summed E-state index contributed by atoms with van der Waals surface area (Å²) in [6.07, 6.45) is 8.14. The van der Waals surface area contributed by atoms with Gasteiger partial charge in [-0.15, -0.1) is 0 Å². The second-order valence-corrected chi connectivity index (χ2v) is 8.03. The van der Waals surface area contributed by atoms with Crippen molar-refractivity contribution in [3.8, 4) is 0 Å². The molecular formula is C17H24N4S. The summed E-state index contributed by atoms with van der Waals surface area (Å²) < 4.78 is 2.47. The molecule has 0 N–H and O–H groups in total. The first kappa shape index (κ1) is 14.5. The summed E-state index contributed by atoms with van der Waals surface area (Å²) in [6.45, 7) is 2.35. The molecule has 4 heterocycles. The molecule has 0 saturated carbocycles. The second kappa shape index (κ2) is 6.20. The minimum atomic E-state index is 0.567. The first-order chi connectivity index (χ1) is 10.8. The van der Waals surface area contributed by atoms with Gasteiger partial charge in [0.1, 0.15) is 11.3 Å². The van der Waals surface area contributed by atoms with Gasteiger partial charge in [-0.05, 0) is 63.7 Å². The second-order valence-electron chi connectivity index (χ2n) is 6.62. The van der Waals surface area contributed by atoms with Crippen LogP contribution < -0.4 is 0 Å². The quantitative estimate of drug-likeness (QED) is 0.871. The van der Waals surface area contributed by atoms with Gasteiger partial charge >= 0.3 is 0 Å². The molecule has 0 radical (unpaired) electrons. The Hall–Kier alpha value is -1.07. The summed E-state index contributed by atoms with van der Waals surface area (Å²) in [5.74, 6) is 2.58. The lowest BCUT2D eigenvalue weighted by molar-refractivity contribution is 0.221. The van der Waals surface area contributed by atoms with Gasteiger partial charge in [0, 0.05) is 23.9 Å². The lowest BCUT2D eigenvalue weighted by Crippen LogP contribution is -2.32. The molecule has 0 bridgehead atoms. The van der Waals surface area contributed by atoms with Crippen LogP contribution in [0.25, 0.3) is 11.2 Å². The van der Waals surface area contributed by atoms with Crippen LogP contribution in [-0.4, -0.2) is 50.6 Å². The van der Waals surface area contributed by atoms with Gasteiger partial charge < -0.3 is 9.47 Å². The molecule has 2 aliphatic rings. The largest absolute Gasteiger partial charge is 0.309 e. The Morgan fingerprint density at radius 3 is 2.91 bits per heavy atom. The van der Waals surface area contributed by atoms with Crippen molar-refractivity contribution in [2.45, 2.75) is 43.4 Å². The molecule has 0 spiro atoms. The van der Waals surface area contributed by atoms with Crippen LogP contribution in [0.4, 0.5) is 0 Å². The van der Waals surface area contributed by atoms with E-state index in [1.807, 2.05) is 12.3 Å². The molecule has 2 aromatic rings. The van der Waals surface area contributed by atoms with Crippen molar-refractivity contribution in [2.24, 2.45) is 0 Å². The normalized spacial score (nSPS) is 24.3. The van der Waals surface area contributed by atoms with E-state index in [0.717, 1.165) is 22.8 Å². The first-order valence-electron chi connectivity index (χ1n) is 8.43. The number of imidazole rings is 1. The minimum absolute atomic E-state index is 0.567. The summed E-state index contributed by atoms with van der Waals surface area (Å²) in [6, 6.07) is 4.68. The topological polar surface area (TPSA) is 34.0 Å². The summed E-state index contributed by atoms with van der Waals surface area (Å²) in [4.78, 5) is 12.0. The van der Waals surface area contributed by atoms with Gasteiger partial charge in [0.25, 0.3) is 0 Å². The van der Waals surface area contributed by atoms with Crippen molar-refractivity contribution in [1.82, 2.24) is 19.4 Å². The maximum absolute atomic E-state index is 4.94. The fraction of sp³-hybridized carbons (Fsp3) is 0.647. The molecule has 4 nitrogen and oxygen atoms in total. The van der Waals surface area contributed by atoms with Crippen LogP contribution in [0.3, 0.4) is 0 Å². The van der Waals surface area contributed by atoms with Crippen molar-refractivity contribution >= 4 is 22.9 Å². The zero-order valence-corrected chi connectivity index (χ0v) is 14.1.